The highest BCUT2D eigenvalue weighted by molar-refractivity contribution is 5.97. The van der Waals surface area contributed by atoms with Crippen molar-refractivity contribution in [2.45, 2.75) is 34.6 Å². The molecule has 0 saturated carbocycles. The second-order valence-corrected chi connectivity index (χ2v) is 2.61. The van der Waals surface area contributed by atoms with Crippen LogP contribution in [0.15, 0.2) is 30.0 Å². The van der Waals surface area contributed by atoms with Gasteiger partial charge in [-0.25, -0.2) is 4.99 Å². The van der Waals surface area contributed by atoms with Crippen molar-refractivity contribution in [1.29, 1.82) is 0 Å². The number of aliphatic imine (C=N–C) groups is 1. The van der Waals surface area contributed by atoms with Crippen molar-refractivity contribution in [3.05, 3.63) is 25.1 Å². The molecule has 0 unspecified atom stereocenters. The van der Waals surface area contributed by atoms with Crippen molar-refractivity contribution in [1.82, 2.24) is 4.90 Å². The highest BCUT2D eigenvalue weighted by Gasteiger charge is 2.11. The fourth-order valence-electron chi connectivity index (χ4n) is 1.01. The number of amidine groups is 1. The van der Waals surface area contributed by atoms with Crippen LogP contribution in [0.4, 0.5) is 0 Å². The van der Waals surface area contributed by atoms with E-state index in [4.69, 9.17) is 0 Å². The minimum absolute atomic E-state index is 0.0412. The van der Waals surface area contributed by atoms with Gasteiger partial charge in [-0.15, -0.1) is 0 Å². The molecule has 0 radical (unpaired) electrons. The molecule has 3 heteroatoms. The van der Waals surface area contributed by atoms with Crippen LogP contribution in [0.3, 0.4) is 0 Å². The molecule has 0 rings (SSSR count). The Bertz CT molecular complexity index is 252. The highest BCUT2D eigenvalue weighted by Crippen LogP contribution is 2.04. The summed E-state index contributed by atoms with van der Waals surface area (Å²) >= 11 is 0. The number of carbonyl (C=O) groups excluding carboxylic acids is 1. The molecule has 0 bridgehead atoms. The molecule has 0 spiro atoms. The molecule has 15 heavy (non-hydrogen) atoms. The molecule has 86 valence electrons. The maximum Gasteiger partial charge on any atom is 0.175 e. The van der Waals surface area contributed by atoms with Crippen molar-refractivity contribution in [2.75, 3.05) is 6.54 Å². The molecule has 0 fully saturated rings. The standard InChI is InChI=1S/C10H16N2O.C2H6/c1-6-11-10(5)12(7-2)8(3)9(4)13;1-2/h6H,1,3,7H2,2,4-5H3;1-2H3. The average molecular weight is 210 g/mol. The van der Waals surface area contributed by atoms with Gasteiger partial charge in [0.05, 0.1) is 5.70 Å². The van der Waals surface area contributed by atoms with E-state index in [1.54, 1.807) is 4.90 Å². The lowest BCUT2D eigenvalue weighted by molar-refractivity contribution is -0.114. The fraction of sp³-hybridized carbons (Fsp3) is 0.500. The Kier molecular flexibility index (Phi) is 9.84. The molecule has 0 amide bonds. The van der Waals surface area contributed by atoms with Crippen LogP contribution in [0.1, 0.15) is 34.6 Å². The van der Waals surface area contributed by atoms with Crippen LogP contribution in [0, 0.1) is 0 Å². The van der Waals surface area contributed by atoms with Crippen LogP contribution < -0.4 is 0 Å². The van der Waals surface area contributed by atoms with E-state index in [0.29, 0.717) is 12.2 Å². The van der Waals surface area contributed by atoms with Gasteiger partial charge < -0.3 is 4.90 Å². The molecule has 0 aromatic rings. The maximum atomic E-state index is 11.0. The minimum atomic E-state index is -0.0412. The fourth-order valence-corrected chi connectivity index (χ4v) is 1.01. The van der Waals surface area contributed by atoms with Gasteiger partial charge in [-0.2, -0.15) is 0 Å². The second-order valence-electron chi connectivity index (χ2n) is 2.61. The van der Waals surface area contributed by atoms with Crippen LogP contribution >= 0.6 is 0 Å². The summed E-state index contributed by atoms with van der Waals surface area (Å²) in [5.41, 5.74) is 0.464. The van der Waals surface area contributed by atoms with E-state index in [1.165, 1.54) is 13.1 Å². The number of hydrogen-bond acceptors (Lipinski definition) is 2. The van der Waals surface area contributed by atoms with Crippen LogP contribution in [0.2, 0.25) is 0 Å². The number of nitrogens with zero attached hydrogens (tertiary/aromatic N) is 2. The normalized spacial score (nSPS) is 9.80. The lowest BCUT2D eigenvalue weighted by Crippen LogP contribution is -2.30. The number of allylic oxidation sites excluding steroid dienone is 1. The number of likely N-dealkylation sites (N-methyl/N-ethyl adjacent to an activating group) is 1. The van der Waals surface area contributed by atoms with E-state index in [0.717, 1.165) is 5.84 Å². The molecule has 0 aliphatic carbocycles. The lowest BCUT2D eigenvalue weighted by atomic mass is 10.3. The summed E-state index contributed by atoms with van der Waals surface area (Å²) in [4.78, 5) is 16.8. The highest BCUT2D eigenvalue weighted by atomic mass is 16.1. The number of Topliss-reactive ketones (excluding diaryl/α,β-unsaturated/α-hetero) is 1. The van der Waals surface area contributed by atoms with Crippen molar-refractivity contribution in [3.63, 3.8) is 0 Å². The summed E-state index contributed by atoms with van der Waals surface area (Å²) in [5, 5.41) is 0. The van der Waals surface area contributed by atoms with Crippen molar-refractivity contribution in [3.8, 4) is 0 Å². The first-order valence-electron chi connectivity index (χ1n) is 5.17. The summed E-state index contributed by atoms with van der Waals surface area (Å²) < 4.78 is 0. The smallest absolute Gasteiger partial charge is 0.175 e. The van der Waals surface area contributed by atoms with Gasteiger partial charge in [0.1, 0.15) is 5.84 Å². The van der Waals surface area contributed by atoms with Gasteiger partial charge in [-0.3, -0.25) is 4.79 Å². The Labute approximate surface area is 93.2 Å². The molecule has 0 heterocycles. The molecule has 0 aromatic carbocycles. The summed E-state index contributed by atoms with van der Waals surface area (Å²) in [6.07, 6.45) is 1.45. The van der Waals surface area contributed by atoms with E-state index in [9.17, 15) is 4.79 Å². The van der Waals surface area contributed by atoms with E-state index in [2.05, 4.69) is 18.2 Å². The molecular formula is C12H22N2O. The number of rotatable bonds is 4. The molecular weight excluding hydrogens is 188 g/mol. The molecule has 0 saturated heterocycles. The first-order valence-corrected chi connectivity index (χ1v) is 5.17. The summed E-state index contributed by atoms with van der Waals surface area (Å²) in [6.45, 7) is 17.1. The first-order chi connectivity index (χ1) is 7.04. The Morgan fingerprint density at radius 2 is 1.87 bits per heavy atom. The zero-order valence-electron chi connectivity index (χ0n) is 10.5. The van der Waals surface area contributed by atoms with Gasteiger partial charge in [0.2, 0.25) is 0 Å². The van der Waals surface area contributed by atoms with E-state index >= 15 is 0 Å². The van der Waals surface area contributed by atoms with Gasteiger partial charge in [0, 0.05) is 19.7 Å². The van der Waals surface area contributed by atoms with Crippen molar-refractivity contribution in [2.24, 2.45) is 4.99 Å². The second kappa shape index (κ2) is 9.19. The van der Waals surface area contributed by atoms with Gasteiger partial charge >= 0.3 is 0 Å². The van der Waals surface area contributed by atoms with Crippen molar-refractivity contribution >= 4 is 11.6 Å². The van der Waals surface area contributed by atoms with E-state index in [-0.39, 0.29) is 5.78 Å². The largest absolute Gasteiger partial charge is 0.328 e. The van der Waals surface area contributed by atoms with Gasteiger partial charge in [0.25, 0.3) is 0 Å². The zero-order chi connectivity index (χ0) is 12.4. The van der Waals surface area contributed by atoms with Gasteiger partial charge in [-0.1, -0.05) is 27.0 Å². The number of hydrogen-bond donors (Lipinski definition) is 0. The molecule has 0 aromatic heterocycles. The summed E-state index contributed by atoms with van der Waals surface area (Å²) in [6, 6.07) is 0. The predicted molar refractivity (Wildman–Crippen MR) is 66.9 cm³/mol. The zero-order valence-corrected chi connectivity index (χ0v) is 10.5. The first kappa shape index (κ1) is 16.1. The quantitative estimate of drug-likeness (QED) is 0.406. The lowest BCUT2D eigenvalue weighted by Gasteiger charge is -2.22. The maximum absolute atomic E-state index is 11.0. The predicted octanol–water partition coefficient (Wildman–Crippen LogP) is 3.00. The third-order valence-electron chi connectivity index (χ3n) is 1.72. The molecule has 0 aliphatic heterocycles. The topological polar surface area (TPSA) is 32.7 Å². The van der Waals surface area contributed by atoms with Gasteiger partial charge in [-0.05, 0) is 13.8 Å². The molecule has 0 atom stereocenters. The van der Waals surface area contributed by atoms with E-state index < -0.39 is 0 Å². The number of carbonyl (C=O) groups is 1. The Morgan fingerprint density at radius 1 is 1.40 bits per heavy atom. The third kappa shape index (κ3) is 5.83. The monoisotopic (exact) mass is 210 g/mol. The van der Waals surface area contributed by atoms with Crippen LogP contribution in [-0.4, -0.2) is 23.1 Å². The minimum Gasteiger partial charge on any atom is -0.328 e. The SMILES string of the molecule is C=CN=C(C)N(CC)C(=C)C(C)=O.CC. The molecule has 0 aliphatic rings. The Balaban J connectivity index is 0. The Hall–Kier alpha value is -1.38. The Morgan fingerprint density at radius 3 is 2.13 bits per heavy atom. The van der Waals surface area contributed by atoms with Crippen LogP contribution in [0.25, 0.3) is 0 Å². The van der Waals surface area contributed by atoms with Gasteiger partial charge in [0.15, 0.2) is 5.78 Å². The third-order valence-corrected chi connectivity index (χ3v) is 1.72. The van der Waals surface area contributed by atoms with Crippen molar-refractivity contribution < 1.29 is 4.79 Å². The number of ketones is 1. The van der Waals surface area contributed by atoms with Crippen LogP contribution in [0.5, 0.6) is 0 Å². The van der Waals surface area contributed by atoms with Crippen LogP contribution in [-0.2, 0) is 4.79 Å². The average Bonchev–Trinajstić information content (AvgIpc) is 2.22. The summed E-state index contributed by atoms with van der Waals surface area (Å²) in [7, 11) is 0. The molecule has 3 nitrogen and oxygen atoms in total. The summed E-state index contributed by atoms with van der Waals surface area (Å²) in [5.74, 6) is 0.693. The molecule has 0 N–H and O–H groups in total. The van der Waals surface area contributed by atoms with E-state index in [1.807, 2.05) is 27.7 Å².